The van der Waals surface area contributed by atoms with E-state index in [0.717, 1.165) is 6.42 Å². The lowest BCUT2D eigenvalue weighted by Gasteiger charge is -2.61. The molecular formula is C13H18F6N+. The van der Waals surface area contributed by atoms with Crippen molar-refractivity contribution in [2.24, 2.45) is 17.3 Å². The highest BCUT2D eigenvalue weighted by molar-refractivity contribution is 5.14. The normalized spacial score (nSPS) is 45.8. The predicted octanol–water partition coefficient (Wildman–Crippen LogP) is 3.10. The molecule has 0 spiro atoms. The number of quaternary nitrogens is 1. The van der Waals surface area contributed by atoms with Gasteiger partial charge in [-0.3, -0.25) is 0 Å². The quantitative estimate of drug-likeness (QED) is 0.759. The van der Waals surface area contributed by atoms with Crippen LogP contribution in [0.4, 0.5) is 26.3 Å². The van der Waals surface area contributed by atoms with Crippen molar-refractivity contribution in [3.05, 3.63) is 0 Å². The van der Waals surface area contributed by atoms with E-state index in [-0.39, 0.29) is 31.1 Å². The Morgan fingerprint density at radius 3 is 1.85 bits per heavy atom. The minimum atomic E-state index is -5.51. The SMILES string of the molecule is [NH3+]C12C[C@H]3C[C@@H](C1)CC(C(F)(F)[C@H](F)C(F)(F)F)(C3)C2. The van der Waals surface area contributed by atoms with Gasteiger partial charge in [0, 0.05) is 24.7 Å². The molecule has 4 rings (SSSR count). The molecule has 0 aromatic carbocycles. The molecule has 116 valence electrons. The smallest absolute Gasteiger partial charge is 0.353 e. The topological polar surface area (TPSA) is 27.6 Å². The number of halogens is 6. The Morgan fingerprint density at radius 2 is 1.45 bits per heavy atom. The Bertz CT molecular complexity index is 404. The van der Waals surface area contributed by atoms with E-state index in [9.17, 15) is 26.3 Å². The maximum atomic E-state index is 14.3. The number of rotatable bonds is 2. The van der Waals surface area contributed by atoms with Crippen LogP contribution < -0.4 is 5.73 Å². The second-order valence-electron chi connectivity index (χ2n) is 7.27. The van der Waals surface area contributed by atoms with Crippen LogP contribution in [0.3, 0.4) is 0 Å². The van der Waals surface area contributed by atoms with Gasteiger partial charge < -0.3 is 5.73 Å². The van der Waals surface area contributed by atoms with Crippen molar-refractivity contribution in [3.63, 3.8) is 0 Å². The third-order valence-corrected chi connectivity index (χ3v) is 5.50. The number of hydrogen-bond acceptors (Lipinski definition) is 0. The van der Waals surface area contributed by atoms with E-state index in [4.69, 9.17) is 0 Å². The highest BCUT2D eigenvalue weighted by atomic mass is 19.4. The molecule has 0 aromatic rings. The molecule has 4 aliphatic rings. The summed E-state index contributed by atoms with van der Waals surface area (Å²) >= 11 is 0. The molecule has 0 heterocycles. The van der Waals surface area contributed by atoms with Crippen LogP contribution >= 0.6 is 0 Å². The Labute approximate surface area is 112 Å². The van der Waals surface area contributed by atoms with Gasteiger partial charge in [0.2, 0.25) is 0 Å². The van der Waals surface area contributed by atoms with Crippen LogP contribution in [0.5, 0.6) is 0 Å². The van der Waals surface area contributed by atoms with Crippen LogP contribution in [-0.4, -0.2) is 23.8 Å². The number of alkyl halides is 6. The molecule has 0 aromatic heterocycles. The molecule has 2 unspecified atom stereocenters. The molecule has 1 nitrogen and oxygen atoms in total. The first-order valence-corrected chi connectivity index (χ1v) is 6.91. The van der Waals surface area contributed by atoms with Gasteiger partial charge in [-0.15, -0.1) is 0 Å². The van der Waals surface area contributed by atoms with Gasteiger partial charge in [-0.1, -0.05) is 0 Å². The second-order valence-corrected chi connectivity index (χ2v) is 7.27. The summed E-state index contributed by atoms with van der Waals surface area (Å²) in [5.74, 6) is -4.41. The zero-order valence-electron chi connectivity index (χ0n) is 10.9. The molecule has 5 atom stereocenters. The molecule has 3 N–H and O–H groups in total. The Kier molecular flexibility index (Phi) is 2.78. The van der Waals surface area contributed by atoms with E-state index in [1.165, 1.54) is 0 Å². The van der Waals surface area contributed by atoms with Gasteiger partial charge in [-0.25, -0.2) is 13.2 Å². The summed E-state index contributed by atoms with van der Waals surface area (Å²) in [6.45, 7) is 0. The highest BCUT2D eigenvalue weighted by Gasteiger charge is 2.73. The van der Waals surface area contributed by atoms with Crippen LogP contribution in [0.15, 0.2) is 0 Å². The van der Waals surface area contributed by atoms with E-state index in [0.29, 0.717) is 12.8 Å². The summed E-state index contributed by atoms with van der Waals surface area (Å²) in [7, 11) is 0. The van der Waals surface area contributed by atoms with Crippen LogP contribution in [0.25, 0.3) is 0 Å². The zero-order valence-corrected chi connectivity index (χ0v) is 10.9. The van der Waals surface area contributed by atoms with Gasteiger partial charge in [0.1, 0.15) is 0 Å². The van der Waals surface area contributed by atoms with Crippen molar-refractivity contribution in [3.8, 4) is 0 Å². The molecular weight excluding hydrogens is 284 g/mol. The largest absolute Gasteiger partial charge is 0.425 e. The van der Waals surface area contributed by atoms with Gasteiger partial charge in [-0.2, -0.15) is 13.2 Å². The first-order valence-electron chi connectivity index (χ1n) is 6.91. The fourth-order valence-electron chi connectivity index (χ4n) is 5.32. The monoisotopic (exact) mass is 302 g/mol. The summed E-state index contributed by atoms with van der Waals surface area (Å²) in [6, 6.07) is 0. The molecule has 0 aliphatic heterocycles. The standard InChI is InChI=1S/C13H17F6N/c14-9(13(17,18)19)12(15,16)10-2-7-1-8(3-10)5-11(20,4-7)6-10/h7-9H,1-6,20H2/p+1/t7-,8+,9-,10?,11?/m0/s1. The van der Waals surface area contributed by atoms with Crippen molar-refractivity contribution in [1.82, 2.24) is 0 Å². The van der Waals surface area contributed by atoms with Crippen molar-refractivity contribution < 1.29 is 32.1 Å². The molecule has 7 heteroatoms. The predicted molar refractivity (Wildman–Crippen MR) is 58.6 cm³/mol. The van der Waals surface area contributed by atoms with Crippen molar-refractivity contribution in [1.29, 1.82) is 0 Å². The lowest BCUT2D eigenvalue weighted by atomic mass is 9.45. The van der Waals surface area contributed by atoms with Crippen LogP contribution in [0.1, 0.15) is 38.5 Å². The van der Waals surface area contributed by atoms with Gasteiger partial charge in [-0.05, 0) is 31.1 Å². The first kappa shape index (κ1) is 14.5. The van der Waals surface area contributed by atoms with E-state index >= 15 is 0 Å². The van der Waals surface area contributed by atoms with Crippen molar-refractivity contribution in [2.75, 3.05) is 0 Å². The molecule has 0 amide bonds. The maximum Gasteiger partial charge on any atom is 0.425 e. The Hall–Kier alpha value is -0.460. The first-order chi connectivity index (χ1) is 8.98. The Morgan fingerprint density at radius 1 is 0.950 bits per heavy atom. The summed E-state index contributed by atoms with van der Waals surface area (Å²) in [4.78, 5) is 0. The molecule has 4 aliphatic carbocycles. The average Bonchev–Trinajstić information content (AvgIpc) is 2.22. The summed E-state index contributed by atoms with van der Waals surface area (Å²) in [6.07, 6.45) is -7.52. The molecule has 4 bridgehead atoms. The minimum Gasteiger partial charge on any atom is -0.353 e. The fraction of sp³-hybridized carbons (Fsp3) is 1.00. The zero-order chi connectivity index (χ0) is 15.0. The van der Waals surface area contributed by atoms with Crippen LogP contribution in [0.2, 0.25) is 0 Å². The Balaban J connectivity index is 1.96. The van der Waals surface area contributed by atoms with Gasteiger partial charge in [0.05, 0.1) is 5.54 Å². The third kappa shape index (κ3) is 1.88. The average molecular weight is 302 g/mol. The molecule has 20 heavy (non-hydrogen) atoms. The molecule has 4 saturated carbocycles. The number of hydrogen-bond donors (Lipinski definition) is 1. The van der Waals surface area contributed by atoms with Gasteiger partial charge >= 0.3 is 6.18 Å². The summed E-state index contributed by atoms with van der Waals surface area (Å²) in [5, 5.41) is 0. The van der Waals surface area contributed by atoms with Crippen LogP contribution in [-0.2, 0) is 0 Å². The van der Waals surface area contributed by atoms with E-state index in [1.807, 2.05) is 0 Å². The molecule has 0 radical (unpaired) electrons. The lowest BCUT2D eigenvalue weighted by molar-refractivity contribution is -0.517. The van der Waals surface area contributed by atoms with E-state index in [1.54, 1.807) is 0 Å². The van der Waals surface area contributed by atoms with Crippen molar-refractivity contribution in [2.45, 2.75) is 62.3 Å². The minimum absolute atomic E-state index is 0.00424. The summed E-state index contributed by atoms with van der Waals surface area (Å²) in [5.41, 5.74) is 1.54. The molecule has 4 fully saturated rings. The molecule has 0 saturated heterocycles. The lowest BCUT2D eigenvalue weighted by Crippen LogP contribution is -2.81. The second kappa shape index (κ2) is 3.84. The van der Waals surface area contributed by atoms with E-state index in [2.05, 4.69) is 5.73 Å². The van der Waals surface area contributed by atoms with Crippen LogP contribution in [0, 0.1) is 17.3 Å². The van der Waals surface area contributed by atoms with Crippen molar-refractivity contribution >= 4 is 0 Å². The summed E-state index contributed by atoms with van der Waals surface area (Å²) < 4.78 is 79.4. The highest BCUT2D eigenvalue weighted by Crippen LogP contribution is 2.66. The fourth-order valence-corrected chi connectivity index (χ4v) is 5.32. The van der Waals surface area contributed by atoms with E-state index < -0.39 is 29.2 Å². The third-order valence-electron chi connectivity index (χ3n) is 5.50. The van der Waals surface area contributed by atoms with Gasteiger partial charge in [0.25, 0.3) is 12.1 Å². The maximum absolute atomic E-state index is 14.3. The van der Waals surface area contributed by atoms with Gasteiger partial charge in [0.15, 0.2) is 0 Å².